The average molecular weight is 195 g/mol. The van der Waals surface area contributed by atoms with E-state index in [1.54, 1.807) is 12.1 Å². The molecule has 0 saturated heterocycles. The molecule has 2 rings (SSSR count). The highest BCUT2D eigenvalue weighted by Crippen LogP contribution is 2.33. The number of benzene rings is 1. The van der Waals surface area contributed by atoms with E-state index in [-0.39, 0.29) is 12.4 Å². The Morgan fingerprint density at radius 1 is 1.50 bits per heavy atom. The maximum absolute atomic E-state index is 13.0. The van der Waals surface area contributed by atoms with E-state index in [4.69, 9.17) is 5.11 Å². The molecule has 0 spiro atoms. The van der Waals surface area contributed by atoms with Crippen molar-refractivity contribution in [1.29, 1.82) is 0 Å². The third-order valence-corrected chi connectivity index (χ3v) is 2.74. The standard InChI is InChI=1S/C11H14FNO/c12-9-1-2-11-10(7-9)8(4-6-14)3-5-13-11/h1-2,7-8,13-14H,3-6H2. The number of anilines is 1. The average Bonchev–Trinajstić information content (AvgIpc) is 2.19. The van der Waals surface area contributed by atoms with Crippen LogP contribution in [0.25, 0.3) is 0 Å². The van der Waals surface area contributed by atoms with Crippen LogP contribution in [0.3, 0.4) is 0 Å². The van der Waals surface area contributed by atoms with E-state index < -0.39 is 0 Å². The first-order valence-corrected chi connectivity index (χ1v) is 4.95. The zero-order chi connectivity index (χ0) is 9.97. The smallest absolute Gasteiger partial charge is 0.123 e. The fourth-order valence-electron chi connectivity index (χ4n) is 2.02. The number of aliphatic hydroxyl groups excluding tert-OH is 1. The maximum atomic E-state index is 13.0. The third-order valence-electron chi connectivity index (χ3n) is 2.74. The second kappa shape index (κ2) is 3.96. The van der Waals surface area contributed by atoms with Gasteiger partial charge in [0.2, 0.25) is 0 Å². The number of halogens is 1. The van der Waals surface area contributed by atoms with Crippen LogP contribution in [0.15, 0.2) is 18.2 Å². The summed E-state index contributed by atoms with van der Waals surface area (Å²) in [5, 5.41) is 12.1. The summed E-state index contributed by atoms with van der Waals surface area (Å²) in [4.78, 5) is 0. The Hall–Kier alpha value is -1.09. The summed E-state index contributed by atoms with van der Waals surface area (Å²) in [7, 11) is 0. The summed E-state index contributed by atoms with van der Waals surface area (Å²) in [6.07, 6.45) is 1.69. The van der Waals surface area contributed by atoms with E-state index in [1.807, 2.05) is 0 Å². The molecule has 0 saturated carbocycles. The minimum absolute atomic E-state index is 0.167. The second-order valence-electron chi connectivity index (χ2n) is 3.66. The van der Waals surface area contributed by atoms with Crippen molar-refractivity contribution in [3.05, 3.63) is 29.6 Å². The summed E-state index contributed by atoms with van der Waals surface area (Å²) < 4.78 is 13.0. The fraction of sp³-hybridized carbons (Fsp3) is 0.455. The van der Waals surface area contributed by atoms with Gasteiger partial charge < -0.3 is 10.4 Å². The molecule has 1 aromatic carbocycles. The van der Waals surface area contributed by atoms with E-state index in [0.29, 0.717) is 5.92 Å². The highest BCUT2D eigenvalue weighted by Gasteiger charge is 2.19. The Morgan fingerprint density at radius 2 is 2.36 bits per heavy atom. The molecule has 2 nitrogen and oxygen atoms in total. The first kappa shape index (κ1) is 9.46. The highest BCUT2D eigenvalue weighted by atomic mass is 19.1. The molecule has 1 aromatic rings. The number of hydrogen-bond acceptors (Lipinski definition) is 2. The van der Waals surface area contributed by atoms with Gasteiger partial charge in [-0.25, -0.2) is 4.39 Å². The van der Waals surface area contributed by atoms with E-state index in [0.717, 1.165) is 30.6 Å². The topological polar surface area (TPSA) is 32.3 Å². The highest BCUT2D eigenvalue weighted by molar-refractivity contribution is 5.54. The summed E-state index contributed by atoms with van der Waals surface area (Å²) in [5.74, 6) is 0.0994. The molecule has 1 aliphatic rings. The van der Waals surface area contributed by atoms with Crippen LogP contribution in [0.2, 0.25) is 0 Å². The van der Waals surface area contributed by atoms with Crippen LogP contribution in [0.5, 0.6) is 0 Å². The molecule has 2 N–H and O–H groups in total. The molecule has 0 aliphatic carbocycles. The van der Waals surface area contributed by atoms with Gasteiger partial charge in [0.05, 0.1) is 0 Å². The molecule has 0 fully saturated rings. The lowest BCUT2D eigenvalue weighted by atomic mass is 9.88. The minimum atomic E-state index is -0.199. The Bertz CT molecular complexity index is 327. The number of fused-ring (bicyclic) bond motifs is 1. The number of aliphatic hydroxyl groups is 1. The van der Waals surface area contributed by atoms with Crippen LogP contribution in [0.1, 0.15) is 24.3 Å². The molecular formula is C11H14FNO. The molecule has 3 heteroatoms. The van der Waals surface area contributed by atoms with E-state index >= 15 is 0 Å². The van der Waals surface area contributed by atoms with Gasteiger partial charge in [0.1, 0.15) is 5.82 Å². The molecule has 0 bridgehead atoms. The van der Waals surface area contributed by atoms with Crippen LogP contribution in [-0.2, 0) is 0 Å². The van der Waals surface area contributed by atoms with Gasteiger partial charge in [0.15, 0.2) is 0 Å². The molecule has 1 atom stereocenters. The van der Waals surface area contributed by atoms with Crippen LogP contribution in [-0.4, -0.2) is 18.3 Å². The zero-order valence-corrected chi connectivity index (χ0v) is 7.96. The zero-order valence-electron chi connectivity index (χ0n) is 7.96. The number of nitrogens with one attached hydrogen (secondary N) is 1. The molecule has 1 unspecified atom stereocenters. The lowest BCUT2D eigenvalue weighted by Crippen LogP contribution is -2.17. The predicted octanol–water partition coefficient (Wildman–Crippen LogP) is 2.11. The van der Waals surface area contributed by atoms with Gasteiger partial charge >= 0.3 is 0 Å². The van der Waals surface area contributed by atoms with Crippen LogP contribution < -0.4 is 5.32 Å². The van der Waals surface area contributed by atoms with E-state index in [1.165, 1.54) is 6.07 Å². The maximum Gasteiger partial charge on any atom is 0.123 e. The lowest BCUT2D eigenvalue weighted by molar-refractivity contribution is 0.272. The first-order chi connectivity index (χ1) is 6.81. The van der Waals surface area contributed by atoms with Gasteiger partial charge in [-0.2, -0.15) is 0 Å². The Balaban J connectivity index is 2.32. The quantitative estimate of drug-likeness (QED) is 0.757. The molecule has 0 radical (unpaired) electrons. The van der Waals surface area contributed by atoms with Gasteiger partial charge in [0.25, 0.3) is 0 Å². The van der Waals surface area contributed by atoms with E-state index in [9.17, 15) is 4.39 Å². The van der Waals surface area contributed by atoms with Crippen LogP contribution >= 0.6 is 0 Å². The Morgan fingerprint density at radius 3 is 3.14 bits per heavy atom. The first-order valence-electron chi connectivity index (χ1n) is 4.95. The monoisotopic (exact) mass is 195 g/mol. The SMILES string of the molecule is OCCC1CCNc2ccc(F)cc21. The van der Waals surface area contributed by atoms with Crippen LogP contribution in [0, 0.1) is 5.82 Å². The van der Waals surface area contributed by atoms with Crippen molar-refractivity contribution in [2.24, 2.45) is 0 Å². The van der Waals surface area contributed by atoms with Gasteiger partial charge in [0, 0.05) is 18.8 Å². The summed E-state index contributed by atoms with van der Waals surface area (Å²) >= 11 is 0. The van der Waals surface area contributed by atoms with Crippen molar-refractivity contribution < 1.29 is 9.50 Å². The third kappa shape index (κ3) is 1.73. The molecule has 1 heterocycles. The molecular weight excluding hydrogens is 181 g/mol. The van der Waals surface area contributed by atoms with Gasteiger partial charge in [-0.15, -0.1) is 0 Å². The van der Waals surface area contributed by atoms with Crippen molar-refractivity contribution in [2.75, 3.05) is 18.5 Å². The fourth-order valence-corrected chi connectivity index (χ4v) is 2.02. The Kier molecular flexibility index (Phi) is 2.68. The minimum Gasteiger partial charge on any atom is -0.396 e. The van der Waals surface area contributed by atoms with Crippen molar-refractivity contribution in [1.82, 2.24) is 0 Å². The van der Waals surface area contributed by atoms with E-state index in [2.05, 4.69) is 5.32 Å². The molecule has 76 valence electrons. The molecule has 14 heavy (non-hydrogen) atoms. The normalized spacial score (nSPS) is 20.0. The van der Waals surface area contributed by atoms with Crippen molar-refractivity contribution >= 4 is 5.69 Å². The molecule has 1 aliphatic heterocycles. The molecule has 0 amide bonds. The number of rotatable bonds is 2. The Labute approximate surface area is 82.8 Å². The van der Waals surface area contributed by atoms with Crippen LogP contribution in [0.4, 0.5) is 10.1 Å². The second-order valence-corrected chi connectivity index (χ2v) is 3.66. The van der Waals surface area contributed by atoms with Gasteiger partial charge in [-0.3, -0.25) is 0 Å². The number of hydrogen-bond donors (Lipinski definition) is 2. The van der Waals surface area contributed by atoms with Crippen molar-refractivity contribution in [2.45, 2.75) is 18.8 Å². The summed E-state index contributed by atoms with van der Waals surface area (Å²) in [5.41, 5.74) is 2.02. The predicted molar refractivity (Wildman–Crippen MR) is 54.0 cm³/mol. The van der Waals surface area contributed by atoms with Gasteiger partial charge in [-0.1, -0.05) is 0 Å². The summed E-state index contributed by atoms with van der Waals surface area (Å²) in [6, 6.07) is 4.81. The largest absolute Gasteiger partial charge is 0.396 e. The lowest BCUT2D eigenvalue weighted by Gasteiger charge is -2.26. The van der Waals surface area contributed by atoms with Crippen molar-refractivity contribution in [3.63, 3.8) is 0 Å². The van der Waals surface area contributed by atoms with Crippen molar-refractivity contribution in [3.8, 4) is 0 Å². The molecule has 0 aromatic heterocycles. The summed E-state index contributed by atoms with van der Waals surface area (Å²) in [6.45, 7) is 1.07. The van der Waals surface area contributed by atoms with Gasteiger partial charge in [-0.05, 0) is 42.5 Å².